The van der Waals surface area contributed by atoms with Gasteiger partial charge in [0.1, 0.15) is 23.9 Å². The van der Waals surface area contributed by atoms with Gasteiger partial charge in [-0.3, -0.25) is 9.59 Å². The fourth-order valence-corrected chi connectivity index (χ4v) is 5.18. The molecule has 6 rings (SSSR count). The highest BCUT2D eigenvalue weighted by molar-refractivity contribution is 5.98. The molecule has 0 saturated heterocycles. The summed E-state index contributed by atoms with van der Waals surface area (Å²) in [5, 5.41) is 11.4. The lowest BCUT2D eigenvalue weighted by Gasteiger charge is -2.32. The highest BCUT2D eigenvalue weighted by atomic mass is 16.7. The van der Waals surface area contributed by atoms with Crippen LogP contribution in [0.1, 0.15) is 17.2 Å². The zero-order valence-corrected chi connectivity index (χ0v) is 24.9. The number of carbonyl (C=O) groups excluding carboxylic acids is 2. The minimum absolute atomic E-state index is 0.0993. The van der Waals surface area contributed by atoms with Crippen LogP contribution in [0.5, 0.6) is 28.7 Å². The molecule has 12 nitrogen and oxygen atoms in total. The van der Waals surface area contributed by atoms with E-state index in [0.717, 1.165) is 5.56 Å². The van der Waals surface area contributed by atoms with Gasteiger partial charge in [0.25, 0.3) is 5.91 Å². The van der Waals surface area contributed by atoms with Crippen molar-refractivity contribution in [1.29, 1.82) is 0 Å². The van der Waals surface area contributed by atoms with Crippen molar-refractivity contribution in [3.63, 3.8) is 0 Å². The van der Waals surface area contributed by atoms with E-state index in [-0.39, 0.29) is 25.8 Å². The molecule has 12 heteroatoms. The molecule has 5 aromatic rings. The molecule has 2 heterocycles. The van der Waals surface area contributed by atoms with Crippen molar-refractivity contribution >= 4 is 28.5 Å². The van der Waals surface area contributed by atoms with Crippen molar-refractivity contribution in [1.82, 2.24) is 19.9 Å². The lowest BCUT2D eigenvalue weighted by Crippen LogP contribution is -2.42. The van der Waals surface area contributed by atoms with Crippen molar-refractivity contribution in [2.24, 2.45) is 0 Å². The monoisotopic (exact) mass is 609 g/mol. The third kappa shape index (κ3) is 6.16. The number of para-hydroxylation sites is 1. The highest BCUT2D eigenvalue weighted by Gasteiger charge is 2.33. The minimum Gasteiger partial charge on any atom is -0.497 e. The number of nitrogens with one attached hydrogen (secondary N) is 1. The normalized spacial score (nSPS) is 12.4. The van der Waals surface area contributed by atoms with Crippen LogP contribution < -0.4 is 29.0 Å². The Morgan fingerprint density at radius 1 is 0.889 bits per heavy atom. The number of ether oxygens (including phenoxy) is 5. The molecule has 2 amide bonds. The summed E-state index contributed by atoms with van der Waals surface area (Å²) >= 11 is 0. The van der Waals surface area contributed by atoms with Gasteiger partial charge in [0.2, 0.25) is 12.7 Å². The van der Waals surface area contributed by atoms with Gasteiger partial charge in [-0.25, -0.2) is 4.68 Å². The average molecular weight is 610 g/mol. The molecular formula is C33H31N5O7. The first-order chi connectivity index (χ1) is 22.0. The second-order valence-corrected chi connectivity index (χ2v) is 10.2. The maximum absolute atomic E-state index is 14.3. The Labute approximate surface area is 259 Å². The van der Waals surface area contributed by atoms with Crippen LogP contribution in [-0.2, 0) is 22.7 Å². The molecule has 0 aliphatic carbocycles. The summed E-state index contributed by atoms with van der Waals surface area (Å²) in [5.41, 5.74) is 3.13. The SMILES string of the molecule is COc1ccc(CN(C(=O)Cn2nnc3ccccc32)C(C(=O)Nc2ccc3c(c2)OCO3)c2ccc(OC)c(OC)c2)cc1. The molecule has 230 valence electrons. The average Bonchev–Trinajstić information content (AvgIpc) is 3.71. The standard InChI is InChI=1S/C33H31N5O7/c1-41-24-12-8-21(9-13-24)18-37(31(39)19-38-26-7-5-4-6-25(26)35-36-38)32(22-10-14-27(42-2)29(16-22)43-3)33(40)34-23-11-15-28-30(17-23)45-20-44-28/h4-17,32H,18-20H2,1-3H3,(H,34,40). The van der Waals surface area contributed by atoms with Crippen LogP contribution in [0.15, 0.2) is 84.9 Å². The van der Waals surface area contributed by atoms with E-state index >= 15 is 0 Å². The molecule has 0 radical (unpaired) electrons. The third-order valence-electron chi connectivity index (χ3n) is 7.46. The van der Waals surface area contributed by atoms with Crippen LogP contribution in [0.2, 0.25) is 0 Å². The number of anilines is 1. The first-order valence-corrected chi connectivity index (χ1v) is 14.1. The van der Waals surface area contributed by atoms with E-state index in [4.69, 9.17) is 23.7 Å². The summed E-state index contributed by atoms with van der Waals surface area (Å²) in [4.78, 5) is 30.2. The number of benzene rings is 4. The first kappa shape index (κ1) is 29.3. The Kier molecular flexibility index (Phi) is 8.36. The second kappa shape index (κ2) is 12.8. The van der Waals surface area contributed by atoms with Gasteiger partial charge in [-0.1, -0.05) is 35.5 Å². The molecule has 0 fully saturated rings. The lowest BCUT2D eigenvalue weighted by molar-refractivity contribution is -0.140. The summed E-state index contributed by atoms with van der Waals surface area (Å²) in [6.07, 6.45) is 0. The van der Waals surface area contributed by atoms with Crippen molar-refractivity contribution in [2.45, 2.75) is 19.1 Å². The Morgan fingerprint density at radius 3 is 2.44 bits per heavy atom. The van der Waals surface area contributed by atoms with E-state index in [0.29, 0.717) is 51.0 Å². The molecule has 1 atom stereocenters. The Bertz CT molecular complexity index is 1840. The number of aromatic nitrogens is 3. The summed E-state index contributed by atoms with van der Waals surface area (Å²) < 4.78 is 28.8. The maximum Gasteiger partial charge on any atom is 0.251 e. The number of hydrogen-bond donors (Lipinski definition) is 1. The summed E-state index contributed by atoms with van der Waals surface area (Å²) in [6.45, 7) is 0.0445. The summed E-state index contributed by atoms with van der Waals surface area (Å²) in [7, 11) is 4.63. The molecule has 1 unspecified atom stereocenters. The lowest BCUT2D eigenvalue weighted by atomic mass is 10.0. The quantitative estimate of drug-likeness (QED) is 0.229. The smallest absolute Gasteiger partial charge is 0.251 e. The molecule has 0 saturated carbocycles. The van der Waals surface area contributed by atoms with Gasteiger partial charge in [0.15, 0.2) is 23.0 Å². The summed E-state index contributed by atoms with van der Waals surface area (Å²) in [5.74, 6) is 1.85. The van der Waals surface area contributed by atoms with Crippen molar-refractivity contribution in [3.8, 4) is 28.7 Å². The molecule has 1 N–H and O–H groups in total. The van der Waals surface area contributed by atoms with E-state index in [9.17, 15) is 9.59 Å². The molecule has 45 heavy (non-hydrogen) atoms. The van der Waals surface area contributed by atoms with Crippen molar-refractivity contribution in [2.75, 3.05) is 33.4 Å². The van der Waals surface area contributed by atoms with Crippen LogP contribution in [0, 0.1) is 0 Å². The number of amides is 2. The van der Waals surface area contributed by atoms with Gasteiger partial charge < -0.3 is 33.9 Å². The minimum atomic E-state index is -1.10. The Morgan fingerprint density at radius 2 is 1.67 bits per heavy atom. The fourth-order valence-electron chi connectivity index (χ4n) is 5.18. The third-order valence-corrected chi connectivity index (χ3v) is 7.46. The Balaban J connectivity index is 1.42. The zero-order valence-electron chi connectivity index (χ0n) is 24.9. The number of rotatable bonds is 11. The van der Waals surface area contributed by atoms with E-state index in [1.54, 1.807) is 55.6 Å². The van der Waals surface area contributed by atoms with Crippen molar-refractivity contribution in [3.05, 3.63) is 96.1 Å². The molecule has 0 bridgehead atoms. The molecule has 0 spiro atoms. The van der Waals surface area contributed by atoms with Crippen LogP contribution in [-0.4, -0.2) is 59.8 Å². The molecule has 1 aliphatic rings. The van der Waals surface area contributed by atoms with E-state index in [1.165, 1.54) is 23.8 Å². The van der Waals surface area contributed by atoms with Crippen LogP contribution in [0.25, 0.3) is 11.0 Å². The van der Waals surface area contributed by atoms with Gasteiger partial charge in [0, 0.05) is 18.3 Å². The van der Waals surface area contributed by atoms with Gasteiger partial charge >= 0.3 is 0 Å². The van der Waals surface area contributed by atoms with E-state index in [2.05, 4.69) is 15.6 Å². The Hall–Kier alpha value is -5.78. The number of nitrogens with zero attached hydrogens (tertiary/aromatic N) is 4. The van der Waals surface area contributed by atoms with Crippen LogP contribution in [0.4, 0.5) is 5.69 Å². The molecule has 1 aliphatic heterocycles. The predicted octanol–water partition coefficient (Wildman–Crippen LogP) is 4.59. The number of hydrogen-bond acceptors (Lipinski definition) is 9. The maximum atomic E-state index is 14.3. The zero-order chi connectivity index (χ0) is 31.3. The van der Waals surface area contributed by atoms with Gasteiger partial charge in [-0.05, 0) is 59.7 Å². The van der Waals surface area contributed by atoms with Gasteiger partial charge in [-0.2, -0.15) is 0 Å². The predicted molar refractivity (Wildman–Crippen MR) is 165 cm³/mol. The highest BCUT2D eigenvalue weighted by Crippen LogP contribution is 2.36. The topological polar surface area (TPSA) is 126 Å². The van der Waals surface area contributed by atoms with Gasteiger partial charge in [0.05, 0.1) is 26.8 Å². The van der Waals surface area contributed by atoms with E-state index in [1.807, 2.05) is 36.4 Å². The van der Waals surface area contributed by atoms with Gasteiger partial charge in [-0.15, -0.1) is 5.10 Å². The fraction of sp³-hybridized carbons (Fsp3) is 0.212. The first-order valence-electron chi connectivity index (χ1n) is 14.1. The number of fused-ring (bicyclic) bond motifs is 2. The number of carbonyl (C=O) groups is 2. The summed E-state index contributed by atoms with van der Waals surface area (Å²) in [6, 6.07) is 23.9. The largest absolute Gasteiger partial charge is 0.497 e. The van der Waals surface area contributed by atoms with Crippen molar-refractivity contribution < 1.29 is 33.3 Å². The second-order valence-electron chi connectivity index (χ2n) is 10.2. The van der Waals surface area contributed by atoms with E-state index < -0.39 is 11.9 Å². The molecule has 4 aromatic carbocycles. The van der Waals surface area contributed by atoms with Crippen LogP contribution in [0.3, 0.4) is 0 Å². The molecular weight excluding hydrogens is 578 g/mol. The number of methoxy groups -OCH3 is 3. The van der Waals surface area contributed by atoms with Crippen LogP contribution >= 0.6 is 0 Å². The molecule has 1 aromatic heterocycles.